The molecular formula is C39H50B14Br3N4O9. The van der Waals surface area contributed by atoms with Crippen molar-refractivity contribution in [2.45, 2.75) is 90.0 Å². The van der Waals surface area contributed by atoms with Gasteiger partial charge >= 0.3 is 15.1 Å². The predicted octanol–water partition coefficient (Wildman–Crippen LogP) is 3.87. The summed E-state index contributed by atoms with van der Waals surface area (Å²) in [6, 6.07) is 0. The van der Waals surface area contributed by atoms with E-state index in [0.29, 0.717) is 34.6 Å². The Balaban J connectivity index is -0.000000173. The van der Waals surface area contributed by atoms with E-state index in [1.54, 1.807) is 20.8 Å². The van der Waals surface area contributed by atoms with Gasteiger partial charge in [0.1, 0.15) is 5.56 Å². The number of nitrogens with zero attached hydrogens (tertiary/aromatic N) is 3. The van der Waals surface area contributed by atoms with Crippen LogP contribution in [-0.2, 0) is 0 Å². The molecule has 4 rings (SSSR count). The number of carboxylic acids is 2. The van der Waals surface area contributed by atoms with E-state index in [9.17, 15) is 24.0 Å². The Kier molecular flexibility index (Phi) is 47.3. The third kappa shape index (κ3) is 29.5. The highest BCUT2D eigenvalue weighted by Gasteiger charge is 2.19. The van der Waals surface area contributed by atoms with Crippen LogP contribution < -0.4 is 15.0 Å². The van der Waals surface area contributed by atoms with Crippen molar-refractivity contribution in [2.75, 3.05) is 14.2 Å². The number of carbonyl (C=O) groups excluding carboxylic acids is 2. The molecule has 4 aromatic heterocycles. The molecule has 0 unspecified atom stereocenters. The molecular weight excluding hydrogens is 1060 g/mol. The number of methoxy groups -OCH3 is 2. The van der Waals surface area contributed by atoms with E-state index in [-0.39, 0.29) is 34.2 Å². The Labute approximate surface area is 450 Å². The first-order chi connectivity index (χ1) is 31.4. The molecule has 13 nitrogen and oxygen atoms in total. The van der Waals surface area contributed by atoms with Gasteiger partial charge in [-0.05, 0) is 135 Å². The van der Waals surface area contributed by atoms with Crippen LogP contribution in [0.1, 0.15) is 114 Å². The van der Waals surface area contributed by atoms with Gasteiger partial charge in [-0.3, -0.25) is 19.4 Å². The van der Waals surface area contributed by atoms with Gasteiger partial charge in [0.25, 0.3) is 5.56 Å². The summed E-state index contributed by atoms with van der Waals surface area (Å²) >= 11 is 9.31. The van der Waals surface area contributed by atoms with Gasteiger partial charge in [-0.15, -0.1) is 47.3 Å². The van der Waals surface area contributed by atoms with Crippen molar-refractivity contribution in [3.8, 4) is 11.8 Å². The van der Waals surface area contributed by atoms with Gasteiger partial charge < -0.3 is 24.7 Å². The zero-order valence-electron chi connectivity index (χ0n) is 42.0. The number of aromatic carboxylic acids is 2. The minimum Gasteiger partial charge on any atom is -0.480 e. The Bertz CT molecular complexity index is 2250. The van der Waals surface area contributed by atoms with Crippen LogP contribution in [0.25, 0.3) is 0 Å². The number of carboxylic acid groups (broad SMARTS) is 2. The summed E-state index contributed by atoms with van der Waals surface area (Å²) in [5, 5.41) is 17.9. The highest BCUT2D eigenvalue weighted by atomic mass is 79.9. The lowest BCUT2D eigenvalue weighted by Crippen LogP contribution is -2.16. The second-order valence-electron chi connectivity index (χ2n) is 13.4. The minimum absolute atomic E-state index is 0. The number of aryl methyl sites for hydroxylation is 5. The Morgan fingerprint density at radius 3 is 1.17 bits per heavy atom. The molecule has 0 aliphatic heterocycles. The second-order valence-corrected chi connectivity index (χ2v) is 19.8. The first kappa shape index (κ1) is 77.1. The SMILES string of the molecule is BrB(Br)Br.COc1nc(C)c(C)c(C)c1C(=O)O.COc1nc(C)c(C)c(C)c1C=O.Cc1[nH]c(=O)c(C=O)c(C)c1C.Cc1nc(C)c(C(=O)O)c(C)c1C.[B].[B]B([B])[B].[B][B].[B][B][B].[B][B][B]. The molecule has 0 fully saturated rings. The van der Waals surface area contributed by atoms with Crippen LogP contribution in [0.15, 0.2) is 4.79 Å². The normalized spacial score (nSPS) is 8.67. The number of nitrogens with one attached hydrogen (secondary N) is 1. The number of rotatable bonds is 6. The predicted molar refractivity (Wildman–Crippen MR) is 306 cm³/mol. The maximum atomic E-state index is 11.2. The highest BCUT2D eigenvalue weighted by molar-refractivity contribution is 9.69. The third-order valence-electron chi connectivity index (χ3n) is 9.27. The largest absolute Gasteiger partial charge is 0.480 e. The van der Waals surface area contributed by atoms with E-state index in [4.69, 9.17) is 19.7 Å². The lowest BCUT2D eigenvalue weighted by Gasteiger charge is -2.11. The summed E-state index contributed by atoms with van der Waals surface area (Å²) in [6.45, 7) is 24.0. The van der Waals surface area contributed by atoms with Gasteiger partial charge in [0, 0.05) is 121 Å². The molecule has 0 bridgehead atoms. The molecule has 0 saturated carbocycles. The minimum atomic E-state index is -1.00. The maximum Gasteiger partial charge on any atom is 0.369 e. The second kappa shape index (κ2) is 42.3. The lowest BCUT2D eigenvalue weighted by molar-refractivity contribution is 0.0681. The average molecular weight is 1110 g/mol. The molecule has 0 spiro atoms. The van der Waals surface area contributed by atoms with E-state index in [1.165, 1.54) is 14.2 Å². The van der Waals surface area contributed by atoms with Gasteiger partial charge in [0.2, 0.25) is 11.8 Å². The standard InChI is InChI=1S/C10H13NO3.2C10H13NO2.C9H11NO2.B4.2B3.B2.BBr3.B/c1-5-6(2)8(10(12)13)9(14-4)11-7(5)3;1-6-7(2)9(5-12)10(13-4)11-8(6)3;1-5-6(2)9(10(12)13)8(4)11-7(5)3;1-5-6(2)8(4-11)9(12)10-7(5)3;1-4(2)3;2*1-3-2;1-2;2-1(3)4;/h1-4H3,(H,12,13);5H,1-4H3;1-4H3,(H,12,13);4H,1-3H3,(H,10,12);;;;;;. The fourth-order valence-corrected chi connectivity index (χ4v) is 5.10. The molecule has 0 aliphatic carbocycles. The van der Waals surface area contributed by atoms with Crippen molar-refractivity contribution in [3.63, 3.8) is 0 Å². The van der Waals surface area contributed by atoms with E-state index in [1.807, 2.05) is 69.2 Å². The number of H-pyrrole nitrogens is 1. The van der Waals surface area contributed by atoms with Crippen LogP contribution in [0.4, 0.5) is 0 Å². The number of carbonyl (C=O) groups is 4. The summed E-state index contributed by atoms with van der Waals surface area (Å²) < 4.78 is 10.2. The van der Waals surface area contributed by atoms with Crippen LogP contribution >= 0.6 is 47.3 Å². The summed E-state index contributed by atoms with van der Waals surface area (Å²) in [5.41, 5.74) is 12.1. The molecule has 0 atom stereocenters. The van der Waals surface area contributed by atoms with Gasteiger partial charge in [-0.25, -0.2) is 19.6 Å². The Hall–Kier alpha value is -3.37. The van der Waals surface area contributed by atoms with Crippen molar-refractivity contribution < 1.29 is 38.9 Å². The highest BCUT2D eigenvalue weighted by Crippen LogP contribution is 2.25. The van der Waals surface area contributed by atoms with E-state index in [2.05, 4.69) is 137 Å². The number of hydrogen-bond acceptors (Lipinski definition) is 10. The van der Waals surface area contributed by atoms with Crippen molar-refractivity contribution in [1.82, 2.24) is 19.9 Å². The van der Waals surface area contributed by atoms with E-state index in [0.717, 1.165) is 82.1 Å². The van der Waals surface area contributed by atoms with E-state index < -0.39 is 18.3 Å². The molecule has 0 amide bonds. The molecule has 4 aromatic rings. The number of ether oxygens (including phenoxy) is 2. The van der Waals surface area contributed by atoms with Crippen molar-refractivity contribution in [3.05, 3.63) is 106 Å². The zero-order chi connectivity index (χ0) is 54.9. The summed E-state index contributed by atoms with van der Waals surface area (Å²) in [6.07, 6.45) is 0.716. The fourth-order valence-electron chi connectivity index (χ4n) is 5.10. The van der Waals surface area contributed by atoms with Crippen LogP contribution in [-0.4, -0.2) is 171 Å². The summed E-state index contributed by atoms with van der Waals surface area (Å²) in [4.78, 5) is 69.2. The monoisotopic (exact) mass is 1110 g/mol. The topological polar surface area (TPSA) is 199 Å². The number of halogens is 3. The molecule has 0 saturated heterocycles. The molecule has 4 heterocycles. The average Bonchev–Trinajstić information content (AvgIpc) is 3.24. The lowest BCUT2D eigenvalue weighted by atomic mass is 9.08. The molecule has 3 N–H and O–H groups in total. The molecule has 23 radical (unpaired) electrons. The van der Waals surface area contributed by atoms with Gasteiger partial charge in [-0.1, -0.05) is 0 Å². The van der Waals surface area contributed by atoms with Crippen LogP contribution in [0, 0.1) is 90.0 Å². The molecule has 0 aliphatic rings. The van der Waals surface area contributed by atoms with Crippen molar-refractivity contribution >= 4 is 174 Å². The molecule has 69 heavy (non-hydrogen) atoms. The van der Waals surface area contributed by atoms with Crippen LogP contribution in [0.5, 0.6) is 11.8 Å². The van der Waals surface area contributed by atoms with Crippen molar-refractivity contribution in [2.24, 2.45) is 0 Å². The first-order valence-corrected chi connectivity index (χ1v) is 22.2. The zero-order valence-corrected chi connectivity index (χ0v) is 46.7. The van der Waals surface area contributed by atoms with Crippen molar-refractivity contribution in [1.29, 1.82) is 0 Å². The summed E-state index contributed by atoms with van der Waals surface area (Å²) in [5.74, 6) is -1.31. The molecule has 0 aromatic carbocycles. The number of aldehydes is 2. The third-order valence-corrected chi connectivity index (χ3v) is 9.27. The van der Waals surface area contributed by atoms with Crippen LogP contribution in [0.2, 0.25) is 0 Å². The quantitative estimate of drug-likeness (QED) is 0.187. The smallest absolute Gasteiger partial charge is 0.369 e. The molecule has 343 valence electrons. The number of hydrogen-bond donors (Lipinski definition) is 3. The summed E-state index contributed by atoms with van der Waals surface area (Å²) in [7, 11) is 44.9. The Morgan fingerprint density at radius 1 is 0.565 bits per heavy atom. The van der Waals surface area contributed by atoms with Crippen LogP contribution in [0.3, 0.4) is 0 Å². The Morgan fingerprint density at radius 2 is 0.855 bits per heavy atom. The number of aromatic nitrogens is 4. The van der Waals surface area contributed by atoms with E-state index >= 15 is 0 Å². The van der Waals surface area contributed by atoms with Gasteiger partial charge in [0.05, 0.1) is 36.6 Å². The number of pyridine rings is 4. The van der Waals surface area contributed by atoms with Gasteiger partial charge in [0.15, 0.2) is 12.6 Å². The first-order valence-electron chi connectivity index (χ1n) is 19.5. The number of aromatic amines is 1. The molecule has 30 heteroatoms. The fraction of sp³-hybridized carbons (Fsp3) is 0.385. The van der Waals surface area contributed by atoms with Gasteiger partial charge in [-0.2, -0.15) is 0 Å². The maximum absolute atomic E-state index is 11.2.